The standard InChI is InChI=1S/C15H18BrNO4/c1-21-13-5-4-12(16)7-11(13)8-14(18)17-6-2-3-10(9-17)15(19)20/h4-5,7,10H,2-3,6,8-9H2,1H3,(H,19,20)/t10-/m1/s1. The van der Waals surface area contributed by atoms with Crippen LogP contribution in [0.1, 0.15) is 18.4 Å². The summed E-state index contributed by atoms with van der Waals surface area (Å²) < 4.78 is 6.14. The second-order valence-corrected chi connectivity index (χ2v) is 6.07. The Labute approximate surface area is 132 Å². The number of methoxy groups -OCH3 is 1. The number of hydrogen-bond acceptors (Lipinski definition) is 3. The van der Waals surface area contributed by atoms with Gasteiger partial charge in [0.2, 0.25) is 5.91 Å². The fourth-order valence-electron chi connectivity index (χ4n) is 2.57. The molecule has 1 N–H and O–H groups in total. The van der Waals surface area contributed by atoms with E-state index in [0.717, 1.165) is 16.5 Å². The van der Waals surface area contributed by atoms with E-state index in [9.17, 15) is 9.59 Å². The van der Waals surface area contributed by atoms with Crippen LogP contribution < -0.4 is 4.74 Å². The number of ether oxygens (including phenoxy) is 1. The van der Waals surface area contributed by atoms with E-state index in [1.54, 1.807) is 12.0 Å². The molecule has 114 valence electrons. The second-order valence-electron chi connectivity index (χ2n) is 5.15. The first-order chi connectivity index (χ1) is 10.0. The van der Waals surface area contributed by atoms with E-state index in [4.69, 9.17) is 9.84 Å². The molecule has 1 amide bonds. The fourth-order valence-corrected chi connectivity index (χ4v) is 2.97. The molecule has 0 saturated carbocycles. The number of rotatable bonds is 4. The van der Waals surface area contributed by atoms with Gasteiger partial charge in [0.05, 0.1) is 19.4 Å². The molecule has 0 bridgehead atoms. The van der Waals surface area contributed by atoms with Gasteiger partial charge in [-0.05, 0) is 31.0 Å². The average molecular weight is 356 g/mol. The summed E-state index contributed by atoms with van der Waals surface area (Å²) in [6.07, 6.45) is 1.59. The Kier molecular flexibility index (Phi) is 5.22. The van der Waals surface area contributed by atoms with Gasteiger partial charge in [-0.2, -0.15) is 0 Å². The number of carbonyl (C=O) groups excluding carboxylic acids is 1. The Morgan fingerprint density at radius 2 is 2.24 bits per heavy atom. The Morgan fingerprint density at radius 1 is 1.48 bits per heavy atom. The number of likely N-dealkylation sites (tertiary alicyclic amines) is 1. The predicted octanol–water partition coefficient (Wildman–Crippen LogP) is 2.32. The third-order valence-corrected chi connectivity index (χ3v) is 4.20. The molecule has 0 aliphatic carbocycles. The molecule has 1 aromatic carbocycles. The van der Waals surface area contributed by atoms with Crippen LogP contribution in [0.15, 0.2) is 22.7 Å². The Morgan fingerprint density at radius 3 is 2.90 bits per heavy atom. The molecule has 1 aromatic rings. The average Bonchev–Trinajstić information content (AvgIpc) is 2.47. The molecule has 0 aromatic heterocycles. The largest absolute Gasteiger partial charge is 0.496 e. The van der Waals surface area contributed by atoms with E-state index < -0.39 is 11.9 Å². The summed E-state index contributed by atoms with van der Waals surface area (Å²) >= 11 is 3.38. The molecule has 1 fully saturated rings. The minimum atomic E-state index is -0.826. The number of halogens is 1. The van der Waals surface area contributed by atoms with E-state index in [-0.39, 0.29) is 12.3 Å². The molecule has 5 nitrogen and oxygen atoms in total. The van der Waals surface area contributed by atoms with E-state index in [1.165, 1.54) is 0 Å². The Bertz CT molecular complexity index is 546. The summed E-state index contributed by atoms with van der Waals surface area (Å²) in [4.78, 5) is 25.1. The smallest absolute Gasteiger partial charge is 0.308 e. The third-order valence-electron chi connectivity index (χ3n) is 3.71. The number of benzene rings is 1. The van der Waals surface area contributed by atoms with Crippen molar-refractivity contribution in [1.29, 1.82) is 0 Å². The van der Waals surface area contributed by atoms with Crippen molar-refractivity contribution in [3.8, 4) is 5.75 Å². The lowest BCUT2D eigenvalue weighted by atomic mass is 9.97. The van der Waals surface area contributed by atoms with Crippen molar-refractivity contribution in [3.05, 3.63) is 28.2 Å². The van der Waals surface area contributed by atoms with Gasteiger partial charge < -0.3 is 14.7 Å². The van der Waals surface area contributed by atoms with Gasteiger partial charge in [-0.3, -0.25) is 9.59 Å². The molecule has 1 heterocycles. The minimum Gasteiger partial charge on any atom is -0.496 e. The lowest BCUT2D eigenvalue weighted by molar-refractivity contribution is -0.145. The molecule has 1 atom stereocenters. The van der Waals surface area contributed by atoms with Crippen molar-refractivity contribution < 1.29 is 19.4 Å². The van der Waals surface area contributed by atoms with Gasteiger partial charge in [0.25, 0.3) is 0 Å². The van der Waals surface area contributed by atoms with Gasteiger partial charge in [-0.1, -0.05) is 15.9 Å². The monoisotopic (exact) mass is 355 g/mol. The van der Waals surface area contributed by atoms with Gasteiger partial charge in [-0.25, -0.2) is 0 Å². The highest BCUT2D eigenvalue weighted by Crippen LogP contribution is 2.25. The number of amides is 1. The quantitative estimate of drug-likeness (QED) is 0.899. The molecular formula is C15H18BrNO4. The van der Waals surface area contributed by atoms with Gasteiger partial charge in [0.15, 0.2) is 0 Å². The fraction of sp³-hybridized carbons (Fsp3) is 0.467. The first kappa shape index (κ1) is 15.8. The van der Waals surface area contributed by atoms with E-state index >= 15 is 0 Å². The van der Waals surface area contributed by atoms with Crippen LogP contribution in [-0.2, 0) is 16.0 Å². The van der Waals surface area contributed by atoms with Crippen molar-refractivity contribution in [1.82, 2.24) is 4.90 Å². The number of carboxylic acids is 1. The second kappa shape index (κ2) is 6.93. The van der Waals surface area contributed by atoms with Crippen LogP contribution in [0.3, 0.4) is 0 Å². The van der Waals surface area contributed by atoms with Crippen LogP contribution in [0.25, 0.3) is 0 Å². The van der Waals surface area contributed by atoms with Crippen LogP contribution in [0.2, 0.25) is 0 Å². The lowest BCUT2D eigenvalue weighted by Gasteiger charge is -2.31. The minimum absolute atomic E-state index is 0.0580. The third kappa shape index (κ3) is 3.97. The molecule has 1 saturated heterocycles. The van der Waals surface area contributed by atoms with Crippen molar-refractivity contribution in [3.63, 3.8) is 0 Å². The molecular weight excluding hydrogens is 338 g/mol. The summed E-state index contributed by atoms with van der Waals surface area (Å²) in [5.41, 5.74) is 0.800. The van der Waals surface area contributed by atoms with Gasteiger partial charge in [-0.15, -0.1) is 0 Å². The first-order valence-corrected chi connectivity index (χ1v) is 7.63. The van der Waals surface area contributed by atoms with Crippen molar-refractivity contribution >= 4 is 27.8 Å². The van der Waals surface area contributed by atoms with Crippen molar-refractivity contribution in [2.24, 2.45) is 5.92 Å². The maximum absolute atomic E-state index is 12.4. The summed E-state index contributed by atoms with van der Waals surface area (Å²) in [5.74, 6) is -0.671. The molecule has 21 heavy (non-hydrogen) atoms. The van der Waals surface area contributed by atoms with Crippen LogP contribution >= 0.6 is 15.9 Å². The van der Waals surface area contributed by atoms with Gasteiger partial charge in [0, 0.05) is 23.1 Å². The van der Waals surface area contributed by atoms with Crippen molar-refractivity contribution in [2.45, 2.75) is 19.3 Å². The number of nitrogens with zero attached hydrogens (tertiary/aromatic N) is 1. The van der Waals surface area contributed by atoms with Crippen LogP contribution in [0.5, 0.6) is 5.75 Å². The zero-order chi connectivity index (χ0) is 15.4. The lowest BCUT2D eigenvalue weighted by Crippen LogP contribution is -2.43. The van der Waals surface area contributed by atoms with Crippen molar-refractivity contribution in [2.75, 3.05) is 20.2 Å². The number of aliphatic carboxylic acids is 1. The number of carbonyl (C=O) groups is 2. The maximum Gasteiger partial charge on any atom is 0.308 e. The maximum atomic E-state index is 12.4. The highest BCUT2D eigenvalue weighted by atomic mass is 79.9. The molecule has 2 rings (SSSR count). The van der Waals surface area contributed by atoms with E-state index in [0.29, 0.717) is 25.3 Å². The zero-order valence-corrected chi connectivity index (χ0v) is 13.4. The van der Waals surface area contributed by atoms with Crippen LogP contribution in [-0.4, -0.2) is 42.1 Å². The summed E-state index contributed by atoms with van der Waals surface area (Å²) in [6, 6.07) is 5.52. The predicted molar refractivity (Wildman–Crippen MR) is 81.3 cm³/mol. The van der Waals surface area contributed by atoms with Gasteiger partial charge in [0.1, 0.15) is 5.75 Å². The molecule has 1 aliphatic heterocycles. The zero-order valence-electron chi connectivity index (χ0n) is 11.8. The Hall–Kier alpha value is -1.56. The number of carboxylic acid groups (broad SMARTS) is 1. The summed E-state index contributed by atoms with van der Waals surface area (Å²) in [6.45, 7) is 0.920. The number of piperidine rings is 1. The summed E-state index contributed by atoms with van der Waals surface area (Å²) in [7, 11) is 1.57. The highest BCUT2D eigenvalue weighted by molar-refractivity contribution is 9.10. The van der Waals surface area contributed by atoms with E-state index in [1.807, 2.05) is 18.2 Å². The molecule has 0 radical (unpaired) electrons. The molecule has 6 heteroatoms. The van der Waals surface area contributed by atoms with Crippen LogP contribution in [0, 0.1) is 5.92 Å². The Balaban J connectivity index is 2.07. The highest BCUT2D eigenvalue weighted by Gasteiger charge is 2.28. The first-order valence-electron chi connectivity index (χ1n) is 6.84. The SMILES string of the molecule is COc1ccc(Br)cc1CC(=O)N1CCC[C@@H](C(=O)O)C1. The number of hydrogen-bond donors (Lipinski definition) is 1. The molecule has 0 spiro atoms. The van der Waals surface area contributed by atoms with Gasteiger partial charge >= 0.3 is 5.97 Å². The topological polar surface area (TPSA) is 66.8 Å². The van der Waals surface area contributed by atoms with E-state index in [2.05, 4.69) is 15.9 Å². The normalized spacial score (nSPS) is 18.4. The molecule has 1 aliphatic rings. The van der Waals surface area contributed by atoms with Crippen LogP contribution in [0.4, 0.5) is 0 Å². The molecule has 0 unspecified atom stereocenters. The summed E-state index contributed by atoms with van der Waals surface area (Å²) in [5, 5.41) is 9.08.